The van der Waals surface area contributed by atoms with E-state index < -0.39 is 0 Å². The molecule has 0 saturated carbocycles. The summed E-state index contributed by atoms with van der Waals surface area (Å²) in [6.45, 7) is 4.59. The van der Waals surface area contributed by atoms with Crippen molar-refractivity contribution >= 4 is 52.4 Å². The van der Waals surface area contributed by atoms with Crippen LogP contribution in [0.4, 0.5) is 0 Å². The fraction of sp³-hybridized carbons (Fsp3) is 0.909. The van der Waals surface area contributed by atoms with Gasteiger partial charge in [0, 0.05) is 0 Å². The van der Waals surface area contributed by atoms with Gasteiger partial charge in [-0.3, -0.25) is 0 Å². The topological polar surface area (TPSA) is 26.0 Å². The van der Waals surface area contributed by atoms with Crippen LogP contribution in [0, 0.1) is 0 Å². The summed E-state index contributed by atoms with van der Waals surface area (Å²) in [7, 11) is 0. The van der Waals surface area contributed by atoms with E-state index in [0.29, 0.717) is 0 Å². The minimum absolute atomic E-state index is 0.0402. The Kier molecular flexibility index (Phi) is 21.3. The van der Waals surface area contributed by atoms with Crippen LogP contribution in [0.25, 0.3) is 0 Å². The van der Waals surface area contributed by atoms with Crippen molar-refractivity contribution in [2.75, 3.05) is 0 Å². The number of hydrogen-bond acceptors (Lipinski definition) is 2. The first-order valence-corrected chi connectivity index (χ1v) is 11.5. The molecule has 4 heteroatoms. The Hall–Kier alpha value is 0.993. The van der Waals surface area contributed by atoms with Crippen LogP contribution in [-0.4, -0.2) is 27.6 Å². The van der Waals surface area contributed by atoms with E-state index in [-0.39, 0.29) is 27.6 Å². The maximum Gasteiger partial charge on any atom is -0.0708 e. The Morgan fingerprint density at radius 3 is 1.67 bits per heavy atom. The van der Waals surface area contributed by atoms with Crippen molar-refractivity contribution in [2.24, 2.45) is 5.73 Å². The Morgan fingerprint density at radius 1 is 1.07 bits per heavy atom. The zero-order valence-corrected chi connectivity index (χ0v) is 15.1. The first kappa shape index (κ1) is 18.4. The third-order valence-electron chi connectivity index (χ3n) is 1.84. The van der Waals surface area contributed by atoms with Crippen LogP contribution in [0.5, 0.6) is 0 Å². The number of thiocarbonyl (C=S) groups is 1. The number of nitrogens with two attached hydrogens (primary N) is 1. The first-order valence-electron chi connectivity index (χ1n) is 5.74. The van der Waals surface area contributed by atoms with Gasteiger partial charge in [-0.05, 0) is 0 Å². The van der Waals surface area contributed by atoms with Crippen LogP contribution in [0.3, 0.4) is 0 Å². The van der Waals surface area contributed by atoms with Crippen molar-refractivity contribution in [3.63, 3.8) is 0 Å². The van der Waals surface area contributed by atoms with E-state index in [1.165, 1.54) is 25.7 Å². The monoisotopic (exact) mass is 443 g/mol. The predicted octanol–water partition coefficient (Wildman–Crippen LogP) is 3.68. The Morgan fingerprint density at radius 2 is 1.40 bits per heavy atom. The van der Waals surface area contributed by atoms with Crippen molar-refractivity contribution in [1.82, 2.24) is 0 Å². The van der Waals surface area contributed by atoms with Crippen molar-refractivity contribution in [2.45, 2.75) is 60.6 Å². The molecule has 15 heavy (non-hydrogen) atoms. The van der Waals surface area contributed by atoms with Crippen LogP contribution in [0.15, 0.2) is 0 Å². The first-order chi connectivity index (χ1) is 7.15. The van der Waals surface area contributed by atoms with E-state index in [1.807, 2.05) is 0 Å². The van der Waals surface area contributed by atoms with Crippen LogP contribution in [0.1, 0.15) is 52.4 Å². The van der Waals surface area contributed by atoms with E-state index >= 15 is 0 Å². The largest absolute Gasteiger partial charge is 0.415 e. The fourth-order valence-electron chi connectivity index (χ4n) is 1.06. The van der Waals surface area contributed by atoms with Gasteiger partial charge in [0.05, 0.1) is 0 Å². The fourth-order valence-corrected chi connectivity index (χ4v) is 5.41. The molecule has 0 amide bonds. The second kappa shape index (κ2) is 17.4. The Labute approximate surface area is 118 Å². The van der Waals surface area contributed by atoms with Crippen LogP contribution in [-0.2, 0) is 12.6 Å². The van der Waals surface area contributed by atoms with E-state index in [9.17, 15) is 0 Å². The molecule has 0 fully saturated rings. The van der Waals surface area contributed by atoms with Gasteiger partial charge in [0.1, 0.15) is 0 Å². The second-order valence-electron chi connectivity index (χ2n) is 3.40. The molecule has 90 valence electrons. The zero-order valence-electron chi connectivity index (χ0n) is 10.00. The van der Waals surface area contributed by atoms with Gasteiger partial charge >= 0.3 is 83.9 Å². The van der Waals surface area contributed by atoms with Crippen LogP contribution in [0.2, 0.25) is 8.26 Å². The molecule has 0 aliphatic rings. The van der Waals surface area contributed by atoms with Gasteiger partial charge in [-0.1, -0.05) is 4.32 Å². The van der Waals surface area contributed by atoms with E-state index in [2.05, 4.69) is 44.4 Å². The Bertz CT molecular complexity index is 120. The van der Waals surface area contributed by atoms with Gasteiger partial charge in [0.15, 0.2) is 0 Å². The minimum Gasteiger partial charge on any atom is -0.415 e. The molecule has 0 bridgehead atoms. The summed E-state index contributed by atoms with van der Waals surface area (Å²) in [5, 5.41) is 0. The molecule has 1 nitrogen and oxygen atoms in total. The maximum absolute atomic E-state index is 4.66. The molecular weight excluding hydrogens is 419 g/mol. The molecule has 2 radical (unpaired) electrons. The molecule has 0 saturated heterocycles. The number of rotatable bonds is 8. The van der Waals surface area contributed by atoms with Crippen molar-refractivity contribution in [3.05, 3.63) is 0 Å². The zero-order chi connectivity index (χ0) is 11.9. The quantitative estimate of drug-likeness (QED) is 0.268. The Balaban J connectivity index is 0. The third-order valence-corrected chi connectivity index (χ3v) is 6.76. The summed E-state index contributed by atoms with van der Waals surface area (Å²) in [5.41, 5.74) is 4.66. The molecule has 0 heterocycles. The summed E-state index contributed by atoms with van der Waals surface area (Å²) >= 11 is 8.30. The molecule has 0 aromatic heterocycles. The molecule has 0 rings (SSSR count). The summed E-state index contributed by atoms with van der Waals surface area (Å²) in [4.78, 5) is 0. The molecule has 0 spiro atoms. The van der Waals surface area contributed by atoms with E-state index in [1.54, 1.807) is 21.1 Å². The molecule has 2 N–H and O–H groups in total. The van der Waals surface area contributed by atoms with Crippen molar-refractivity contribution in [1.29, 1.82) is 0 Å². The van der Waals surface area contributed by atoms with Crippen LogP contribution >= 0.6 is 12.2 Å². The van der Waals surface area contributed by atoms with Crippen molar-refractivity contribution < 1.29 is 0 Å². The van der Waals surface area contributed by atoms with E-state index in [4.69, 9.17) is 0 Å². The molecule has 0 aliphatic heterocycles. The minimum atomic E-state index is 0.0402. The molecular formula is C11H24BiNS2. The number of unbranched alkanes of at least 4 members (excludes halogenated alkanes) is 4. The molecule has 0 atom stereocenters. The third kappa shape index (κ3) is 31.3. The average molecular weight is 443 g/mol. The van der Waals surface area contributed by atoms with Gasteiger partial charge in [-0.15, -0.1) is 0 Å². The van der Waals surface area contributed by atoms with Gasteiger partial charge in [-0.2, -0.15) is 0 Å². The summed E-state index contributed by atoms with van der Waals surface area (Å²) in [6, 6.07) is 0. The number of hydrogen-bond donors (Lipinski definition) is 1. The van der Waals surface area contributed by atoms with Gasteiger partial charge in [0.2, 0.25) is 0 Å². The molecule has 0 aliphatic carbocycles. The second-order valence-corrected chi connectivity index (χ2v) is 9.76. The molecule has 0 unspecified atom stereocenters. The van der Waals surface area contributed by atoms with E-state index in [0.717, 1.165) is 0 Å². The normalized spacial score (nSPS) is 9.20. The standard InChI is InChI=1S/2C5H11.CH3NS2.Bi/c2*1-3-5-4-2;2-1(3)4;/h2*1,3-5H2,2H3;(H3,2,3,4);/q;;;+1/p-1. The average Bonchev–Trinajstić information content (AvgIpc) is 2.16. The molecule has 0 aromatic carbocycles. The van der Waals surface area contributed by atoms with Gasteiger partial charge in [-0.25, -0.2) is 0 Å². The summed E-state index contributed by atoms with van der Waals surface area (Å²) in [5.74, 6) is 0. The van der Waals surface area contributed by atoms with Crippen molar-refractivity contribution in [3.8, 4) is 0 Å². The van der Waals surface area contributed by atoms with Gasteiger partial charge < -0.3 is 30.6 Å². The molecule has 0 aromatic rings. The van der Waals surface area contributed by atoms with Gasteiger partial charge in [0.25, 0.3) is 0 Å². The van der Waals surface area contributed by atoms with Crippen LogP contribution < -0.4 is 5.73 Å². The summed E-state index contributed by atoms with van der Waals surface area (Å²) < 4.78 is 3.38. The SMILES string of the molecule is CCCC[CH2][Bi+][CH2]CCCC.NC(=S)[S-]. The maximum atomic E-state index is 4.66. The predicted molar refractivity (Wildman–Crippen MR) is 78.6 cm³/mol. The smallest absolute Gasteiger partial charge is 0.0708 e. The summed E-state index contributed by atoms with van der Waals surface area (Å²) in [6.07, 6.45) is 8.85.